The number of hydrogen-bond donors (Lipinski definition) is 3. The second kappa shape index (κ2) is 4.80. The highest BCUT2D eigenvalue weighted by Crippen LogP contribution is 2.30. The molecule has 0 saturated heterocycles. The molecule has 0 spiro atoms. The molecule has 0 aliphatic heterocycles. The van der Waals surface area contributed by atoms with Crippen LogP contribution in [0.5, 0.6) is 0 Å². The lowest BCUT2D eigenvalue weighted by molar-refractivity contribution is 0.462. The van der Waals surface area contributed by atoms with Crippen LogP contribution in [0.1, 0.15) is 26.1 Å². The third-order valence-corrected chi connectivity index (χ3v) is 3.87. The molecule has 0 aliphatic rings. The van der Waals surface area contributed by atoms with Crippen molar-refractivity contribution < 1.29 is 0 Å². The normalized spacial score (nSPS) is 12.2. The minimum atomic E-state index is -0.0287. The SMILES string of the molecule is CC(C)(CCN)c1ncc(-c2c[nH]c3ccccc23)[nH]1. The molecule has 0 radical (unpaired) electrons. The first kappa shape index (κ1) is 12.9. The Morgan fingerprint density at radius 1 is 1.25 bits per heavy atom. The van der Waals surface area contributed by atoms with Gasteiger partial charge in [0, 0.05) is 28.1 Å². The van der Waals surface area contributed by atoms with E-state index in [1.165, 1.54) is 5.39 Å². The van der Waals surface area contributed by atoms with Crippen LogP contribution < -0.4 is 5.73 Å². The lowest BCUT2D eigenvalue weighted by atomic mass is 9.88. The monoisotopic (exact) mass is 268 g/mol. The smallest absolute Gasteiger partial charge is 0.112 e. The molecule has 2 aromatic heterocycles. The number of aromatic nitrogens is 3. The quantitative estimate of drug-likeness (QED) is 0.680. The van der Waals surface area contributed by atoms with Crippen molar-refractivity contribution in [2.75, 3.05) is 6.54 Å². The highest BCUT2D eigenvalue weighted by atomic mass is 14.9. The van der Waals surface area contributed by atoms with Gasteiger partial charge in [-0.1, -0.05) is 32.0 Å². The molecule has 4 nitrogen and oxygen atoms in total. The number of nitrogens with one attached hydrogen (secondary N) is 2. The molecule has 0 unspecified atom stereocenters. The lowest BCUT2D eigenvalue weighted by Gasteiger charge is -2.20. The van der Waals surface area contributed by atoms with E-state index in [1.54, 1.807) is 0 Å². The maximum absolute atomic E-state index is 5.68. The summed E-state index contributed by atoms with van der Waals surface area (Å²) in [4.78, 5) is 11.3. The summed E-state index contributed by atoms with van der Waals surface area (Å²) in [6.45, 7) is 4.99. The summed E-state index contributed by atoms with van der Waals surface area (Å²) in [7, 11) is 0. The van der Waals surface area contributed by atoms with Gasteiger partial charge in [0.2, 0.25) is 0 Å². The van der Waals surface area contributed by atoms with Crippen LogP contribution in [0.4, 0.5) is 0 Å². The third kappa shape index (κ3) is 2.12. The number of hydrogen-bond acceptors (Lipinski definition) is 2. The number of H-pyrrole nitrogens is 2. The van der Waals surface area contributed by atoms with E-state index in [0.717, 1.165) is 29.0 Å². The van der Waals surface area contributed by atoms with E-state index >= 15 is 0 Å². The molecule has 20 heavy (non-hydrogen) atoms. The number of nitrogens with zero attached hydrogens (tertiary/aromatic N) is 1. The summed E-state index contributed by atoms with van der Waals surface area (Å²) in [6.07, 6.45) is 4.84. The number of nitrogens with two attached hydrogens (primary N) is 1. The second-order valence-corrected chi connectivity index (χ2v) is 5.82. The van der Waals surface area contributed by atoms with Crippen LogP contribution in [-0.2, 0) is 5.41 Å². The van der Waals surface area contributed by atoms with Gasteiger partial charge in [-0.2, -0.15) is 0 Å². The van der Waals surface area contributed by atoms with Crippen LogP contribution in [0.2, 0.25) is 0 Å². The van der Waals surface area contributed by atoms with Gasteiger partial charge in [-0.15, -0.1) is 0 Å². The Hall–Kier alpha value is -2.07. The van der Waals surface area contributed by atoms with E-state index in [1.807, 2.05) is 18.5 Å². The van der Waals surface area contributed by atoms with E-state index in [-0.39, 0.29) is 5.41 Å². The molecule has 4 N–H and O–H groups in total. The Kier molecular flexibility index (Phi) is 3.10. The number of fused-ring (bicyclic) bond motifs is 1. The molecule has 1 aromatic carbocycles. The molecule has 0 saturated carbocycles. The molecule has 2 heterocycles. The van der Waals surface area contributed by atoms with E-state index in [4.69, 9.17) is 5.73 Å². The van der Waals surface area contributed by atoms with Gasteiger partial charge in [-0.25, -0.2) is 4.98 Å². The summed E-state index contributed by atoms with van der Waals surface area (Å²) >= 11 is 0. The molecule has 104 valence electrons. The highest BCUT2D eigenvalue weighted by Gasteiger charge is 2.23. The average Bonchev–Trinajstić information content (AvgIpc) is 3.05. The van der Waals surface area contributed by atoms with Crippen molar-refractivity contribution in [3.63, 3.8) is 0 Å². The van der Waals surface area contributed by atoms with Crippen LogP contribution in [0.15, 0.2) is 36.7 Å². The van der Waals surface area contributed by atoms with Crippen molar-refractivity contribution in [3.8, 4) is 11.3 Å². The molecule has 0 amide bonds. The fraction of sp³-hybridized carbons (Fsp3) is 0.312. The minimum Gasteiger partial charge on any atom is -0.360 e. The predicted molar refractivity (Wildman–Crippen MR) is 82.6 cm³/mol. The maximum atomic E-state index is 5.68. The van der Waals surface area contributed by atoms with Crippen LogP contribution in [-0.4, -0.2) is 21.5 Å². The Balaban J connectivity index is 2.02. The summed E-state index contributed by atoms with van der Waals surface area (Å²) in [5.74, 6) is 0.989. The maximum Gasteiger partial charge on any atom is 0.112 e. The summed E-state index contributed by atoms with van der Waals surface area (Å²) in [5.41, 5.74) is 8.99. The molecule has 0 atom stereocenters. The summed E-state index contributed by atoms with van der Waals surface area (Å²) in [6, 6.07) is 8.28. The Labute approximate surface area is 118 Å². The first-order valence-corrected chi connectivity index (χ1v) is 6.94. The first-order valence-electron chi connectivity index (χ1n) is 6.94. The van der Waals surface area contributed by atoms with Gasteiger partial charge in [0.25, 0.3) is 0 Å². The molecule has 3 rings (SSSR count). The summed E-state index contributed by atoms with van der Waals surface area (Å²) in [5, 5.41) is 1.21. The molecule has 0 fully saturated rings. The Morgan fingerprint density at radius 2 is 2.05 bits per heavy atom. The molecule has 0 aliphatic carbocycles. The molecular formula is C16H20N4. The van der Waals surface area contributed by atoms with Crippen LogP contribution in [0, 0.1) is 0 Å². The first-order chi connectivity index (χ1) is 9.62. The van der Waals surface area contributed by atoms with Gasteiger partial charge < -0.3 is 15.7 Å². The Bertz CT molecular complexity index is 721. The van der Waals surface area contributed by atoms with Gasteiger partial charge in [-0.3, -0.25) is 0 Å². The molecule has 3 aromatic rings. The minimum absolute atomic E-state index is 0.0287. The van der Waals surface area contributed by atoms with Crippen LogP contribution >= 0.6 is 0 Å². The Morgan fingerprint density at radius 3 is 2.85 bits per heavy atom. The largest absolute Gasteiger partial charge is 0.360 e. The fourth-order valence-electron chi connectivity index (χ4n) is 2.58. The van der Waals surface area contributed by atoms with Crippen LogP contribution in [0.3, 0.4) is 0 Å². The van der Waals surface area contributed by atoms with Crippen molar-refractivity contribution >= 4 is 10.9 Å². The zero-order valence-electron chi connectivity index (χ0n) is 11.9. The molecule has 4 heteroatoms. The zero-order chi connectivity index (χ0) is 14.2. The lowest BCUT2D eigenvalue weighted by Crippen LogP contribution is -2.23. The van der Waals surface area contributed by atoms with Crippen LogP contribution in [0.25, 0.3) is 22.2 Å². The van der Waals surface area contributed by atoms with E-state index < -0.39 is 0 Å². The van der Waals surface area contributed by atoms with Gasteiger partial charge in [0.15, 0.2) is 0 Å². The number of para-hydroxylation sites is 1. The van der Waals surface area contributed by atoms with Gasteiger partial charge in [-0.05, 0) is 19.0 Å². The number of benzene rings is 1. The highest BCUT2D eigenvalue weighted by molar-refractivity contribution is 5.94. The van der Waals surface area contributed by atoms with Crippen molar-refractivity contribution in [1.29, 1.82) is 0 Å². The standard InChI is InChI=1S/C16H20N4/c1-16(2,7-8-17)15-19-10-14(20-15)12-9-18-13-6-4-3-5-11(12)13/h3-6,9-10,18H,7-8,17H2,1-2H3,(H,19,20). The van der Waals surface area contributed by atoms with Gasteiger partial charge in [0.1, 0.15) is 5.82 Å². The number of imidazole rings is 1. The van der Waals surface area contributed by atoms with Crippen molar-refractivity contribution in [1.82, 2.24) is 15.0 Å². The number of aromatic amines is 2. The van der Waals surface area contributed by atoms with E-state index in [2.05, 4.69) is 47.0 Å². The van der Waals surface area contributed by atoms with Crippen molar-refractivity contribution in [2.45, 2.75) is 25.7 Å². The third-order valence-electron chi connectivity index (χ3n) is 3.87. The van der Waals surface area contributed by atoms with Crippen molar-refractivity contribution in [2.24, 2.45) is 5.73 Å². The van der Waals surface area contributed by atoms with Crippen molar-refractivity contribution in [3.05, 3.63) is 42.5 Å². The van der Waals surface area contributed by atoms with Gasteiger partial charge in [0.05, 0.1) is 11.9 Å². The topological polar surface area (TPSA) is 70.5 Å². The summed E-state index contributed by atoms with van der Waals surface area (Å²) < 4.78 is 0. The predicted octanol–water partition coefficient (Wildman–Crippen LogP) is 3.18. The number of rotatable bonds is 4. The van der Waals surface area contributed by atoms with E-state index in [0.29, 0.717) is 6.54 Å². The second-order valence-electron chi connectivity index (χ2n) is 5.82. The fourth-order valence-corrected chi connectivity index (χ4v) is 2.58. The van der Waals surface area contributed by atoms with Gasteiger partial charge >= 0.3 is 0 Å². The molecular weight excluding hydrogens is 248 g/mol. The van der Waals surface area contributed by atoms with E-state index in [9.17, 15) is 0 Å². The zero-order valence-corrected chi connectivity index (χ0v) is 11.9. The molecule has 0 bridgehead atoms. The average molecular weight is 268 g/mol.